The maximum atomic E-state index is 14.0. The molecule has 1 N–H and O–H groups in total. The van der Waals surface area contributed by atoms with Crippen molar-refractivity contribution in [3.8, 4) is 5.75 Å². The van der Waals surface area contributed by atoms with Crippen LogP contribution >= 0.6 is 11.6 Å². The van der Waals surface area contributed by atoms with Crippen molar-refractivity contribution in [3.05, 3.63) is 74.6 Å². The molecule has 0 radical (unpaired) electrons. The van der Waals surface area contributed by atoms with Gasteiger partial charge in [-0.15, -0.1) is 0 Å². The zero-order valence-corrected chi connectivity index (χ0v) is 23.8. The molecule has 1 aliphatic carbocycles. The van der Waals surface area contributed by atoms with Gasteiger partial charge in [0.05, 0.1) is 11.6 Å². The van der Waals surface area contributed by atoms with Gasteiger partial charge in [0.25, 0.3) is 5.91 Å². The molecule has 3 aromatic rings. The maximum absolute atomic E-state index is 14.0. The number of halogens is 1. The molecule has 1 aliphatic heterocycles. The van der Waals surface area contributed by atoms with E-state index >= 15 is 0 Å². The zero-order chi connectivity index (χ0) is 27.7. The number of fused-ring (bicyclic) bond motifs is 2. The number of benzene rings is 2. The predicted octanol–water partition coefficient (Wildman–Crippen LogP) is 6.76. The van der Waals surface area contributed by atoms with Crippen LogP contribution in [0.4, 0.5) is 0 Å². The number of rotatable bonds is 7. The van der Waals surface area contributed by atoms with Crippen LogP contribution in [0.2, 0.25) is 5.02 Å². The molecule has 0 spiro atoms. The summed E-state index contributed by atoms with van der Waals surface area (Å²) in [4.78, 5) is 28.1. The average Bonchev–Trinajstić information content (AvgIpc) is 2.92. The number of aliphatic hydroxyl groups is 1. The van der Waals surface area contributed by atoms with E-state index in [0.717, 1.165) is 61.5 Å². The number of piperidine rings is 1. The highest BCUT2D eigenvalue weighted by Crippen LogP contribution is 2.49. The lowest BCUT2D eigenvalue weighted by Crippen LogP contribution is -2.58. The van der Waals surface area contributed by atoms with Crippen molar-refractivity contribution in [1.82, 2.24) is 4.90 Å². The van der Waals surface area contributed by atoms with E-state index in [-0.39, 0.29) is 23.5 Å². The monoisotopic (exact) mass is 551 g/mol. The van der Waals surface area contributed by atoms with E-state index in [4.69, 9.17) is 20.8 Å². The highest BCUT2D eigenvalue weighted by molar-refractivity contribution is 6.30. The smallest absolute Gasteiger partial charge is 0.336 e. The van der Waals surface area contributed by atoms with E-state index in [1.54, 1.807) is 13.0 Å². The molecule has 2 fully saturated rings. The number of likely N-dealkylation sites (tertiary alicyclic amines) is 1. The lowest BCUT2D eigenvalue weighted by Gasteiger charge is -2.53. The van der Waals surface area contributed by atoms with Crippen LogP contribution in [-0.2, 0) is 11.2 Å². The van der Waals surface area contributed by atoms with Crippen molar-refractivity contribution in [1.29, 1.82) is 0 Å². The third-order valence-corrected chi connectivity index (χ3v) is 8.96. The van der Waals surface area contributed by atoms with Gasteiger partial charge in [-0.3, -0.25) is 4.79 Å². The van der Waals surface area contributed by atoms with Crippen LogP contribution in [-0.4, -0.2) is 34.2 Å². The van der Waals surface area contributed by atoms with Gasteiger partial charge < -0.3 is 19.2 Å². The summed E-state index contributed by atoms with van der Waals surface area (Å²) in [7, 11) is 0. The van der Waals surface area contributed by atoms with Gasteiger partial charge in [-0.05, 0) is 81.3 Å². The first-order valence-corrected chi connectivity index (χ1v) is 14.6. The molecule has 5 rings (SSSR count). The van der Waals surface area contributed by atoms with Crippen LogP contribution in [0.5, 0.6) is 5.75 Å². The molecule has 0 bridgehead atoms. The Bertz CT molecular complexity index is 1400. The van der Waals surface area contributed by atoms with Crippen molar-refractivity contribution in [2.45, 2.75) is 89.9 Å². The van der Waals surface area contributed by atoms with Gasteiger partial charge in [-0.1, -0.05) is 49.9 Å². The second-order valence-electron chi connectivity index (χ2n) is 11.3. The van der Waals surface area contributed by atoms with Crippen molar-refractivity contribution in [2.24, 2.45) is 5.92 Å². The Morgan fingerprint density at radius 2 is 1.97 bits per heavy atom. The Morgan fingerprint density at radius 1 is 1.21 bits per heavy atom. The predicted molar refractivity (Wildman–Crippen MR) is 153 cm³/mol. The molecule has 0 unspecified atom stereocenters. The van der Waals surface area contributed by atoms with Crippen LogP contribution in [0, 0.1) is 12.8 Å². The van der Waals surface area contributed by atoms with Crippen LogP contribution < -0.4 is 10.4 Å². The second-order valence-corrected chi connectivity index (χ2v) is 11.7. The summed E-state index contributed by atoms with van der Waals surface area (Å²) < 4.78 is 11.9. The van der Waals surface area contributed by atoms with E-state index in [1.807, 2.05) is 48.2 Å². The third-order valence-electron chi connectivity index (χ3n) is 8.71. The third kappa shape index (κ3) is 5.46. The van der Waals surface area contributed by atoms with E-state index in [1.165, 1.54) is 0 Å². The van der Waals surface area contributed by atoms with Crippen molar-refractivity contribution in [2.75, 3.05) is 6.54 Å². The zero-order valence-electron chi connectivity index (χ0n) is 23.0. The molecule has 1 saturated heterocycles. The first kappa shape index (κ1) is 27.7. The number of carbonyl (C=O) groups is 1. The van der Waals surface area contributed by atoms with Gasteiger partial charge in [0.1, 0.15) is 11.3 Å². The molecule has 1 amide bonds. The van der Waals surface area contributed by atoms with Gasteiger partial charge in [0.2, 0.25) is 0 Å². The Hall–Kier alpha value is -2.83. The van der Waals surface area contributed by atoms with Crippen LogP contribution in [0.1, 0.15) is 81.5 Å². The summed E-state index contributed by atoms with van der Waals surface area (Å²) in [6.07, 6.45) is 6.29. The van der Waals surface area contributed by atoms with Gasteiger partial charge >= 0.3 is 5.63 Å². The van der Waals surface area contributed by atoms with E-state index in [9.17, 15) is 14.7 Å². The van der Waals surface area contributed by atoms with E-state index in [0.29, 0.717) is 34.9 Å². The lowest BCUT2D eigenvalue weighted by atomic mass is 9.66. The van der Waals surface area contributed by atoms with Gasteiger partial charge in [-0.2, -0.15) is 0 Å². The largest absolute Gasteiger partial charge is 0.480 e. The lowest BCUT2D eigenvalue weighted by molar-refractivity contribution is -0.161. The van der Waals surface area contributed by atoms with Crippen molar-refractivity contribution < 1.29 is 19.1 Å². The molecule has 208 valence electrons. The number of unbranched alkanes of at least 4 members (excludes halogenated alkanes) is 1. The summed E-state index contributed by atoms with van der Waals surface area (Å²) >= 11 is 6.18. The normalized spacial score (nSPS) is 23.9. The molecule has 2 aliphatic rings. The van der Waals surface area contributed by atoms with Crippen molar-refractivity contribution in [3.63, 3.8) is 0 Å². The summed E-state index contributed by atoms with van der Waals surface area (Å²) in [5.41, 5.74) is 2.02. The quantitative estimate of drug-likeness (QED) is 0.328. The summed E-state index contributed by atoms with van der Waals surface area (Å²) in [6.45, 7) is 6.21. The highest BCUT2D eigenvalue weighted by atomic mass is 35.5. The highest BCUT2D eigenvalue weighted by Gasteiger charge is 2.50. The molecule has 2 aromatic carbocycles. The number of hydrogen-bond donors (Lipinski definition) is 1. The molecular formula is C32H38ClNO5. The SMILES string of the molecule is CCCCc1cc(=O)oc2c(C)c(O[C@@H](C)C(=O)N3CC[C@@]4(O)CCCC[C@H]4[C@@H]3c3ccc(Cl)cc3)ccc12. The Labute approximate surface area is 234 Å². The standard InChI is InChI=1S/C32H38ClNO5/c1-4-5-8-23-19-28(35)39-30-20(2)27(15-14-25(23)30)38-21(3)31(36)34-18-17-32(37)16-7-6-9-26(32)29(34)22-10-12-24(33)13-11-22/h10-15,19,21,26,29,37H,4-9,16-18H2,1-3H3/t21-,26-,29-,32-/m0/s1. The molecule has 2 heterocycles. The second kappa shape index (κ2) is 11.3. The van der Waals surface area contributed by atoms with Gasteiger partial charge in [-0.25, -0.2) is 4.79 Å². The minimum Gasteiger partial charge on any atom is -0.480 e. The Balaban J connectivity index is 1.43. The summed E-state index contributed by atoms with van der Waals surface area (Å²) in [5.74, 6) is 0.351. The van der Waals surface area contributed by atoms with E-state index in [2.05, 4.69) is 6.92 Å². The molecule has 4 atom stereocenters. The molecule has 1 aromatic heterocycles. The van der Waals surface area contributed by atoms with E-state index < -0.39 is 11.7 Å². The summed E-state index contributed by atoms with van der Waals surface area (Å²) in [5, 5.41) is 13.1. The molecule has 1 saturated carbocycles. The van der Waals surface area contributed by atoms with Crippen LogP contribution in [0.15, 0.2) is 51.7 Å². The minimum absolute atomic E-state index is 0.0458. The molecule has 7 heteroatoms. The van der Waals surface area contributed by atoms with Crippen LogP contribution in [0.25, 0.3) is 11.0 Å². The summed E-state index contributed by atoms with van der Waals surface area (Å²) in [6, 6.07) is 12.7. The van der Waals surface area contributed by atoms with Gasteiger partial charge in [0, 0.05) is 34.5 Å². The number of hydrogen-bond acceptors (Lipinski definition) is 5. The fourth-order valence-corrected chi connectivity index (χ4v) is 6.71. The number of nitrogens with zero attached hydrogens (tertiary/aromatic N) is 1. The number of ether oxygens (including phenoxy) is 1. The fourth-order valence-electron chi connectivity index (χ4n) is 6.59. The van der Waals surface area contributed by atoms with Crippen LogP contribution in [0.3, 0.4) is 0 Å². The maximum Gasteiger partial charge on any atom is 0.336 e. The van der Waals surface area contributed by atoms with Crippen molar-refractivity contribution >= 4 is 28.5 Å². The molecule has 39 heavy (non-hydrogen) atoms. The number of aryl methyl sites for hydroxylation is 2. The average molecular weight is 552 g/mol. The topological polar surface area (TPSA) is 80.0 Å². The first-order valence-electron chi connectivity index (χ1n) is 14.2. The molecule has 6 nitrogen and oxygen atoms in total. The Kier molecular flexibility index (Phi) is 8.06. The number of carbonyl (C=O) groups excluding carboxylic acids is 1. The fraction of sp³-hybridized carbons (Fsp3) is 0.500. The number of amides is 1. The first-order chi connectivity index (χ1) is 18.7. The minimum atomic E-state index is -0.772. The Morgan fingerprint density at radius 3 is 2.72 bits per heavy atom. The molecular weight excluding hydrogens is 514 g/mol. The van der Waals surface area contributed by atoms with Gasteiger partial charge in [0.15, 0.2) is 6.10 Å².